The van der Waals surface area contributed by atoms with E-state index in [1.54, 1.807) is 7.11 Å². The van der Waals surface area contributed by atoms with E-state index < -0.39 is 0 Å². The summed E-state index contributed by atoms with van der Waals surface area (Å²) in [6.07, 6.45) is 3.61. The van der Waals surface area contributed by atoms with Gasteiger partial charge >= 0.3 is 0 Å². The van der Waals surface area contributed by atoms with Crippen molar-refractivity contribution in [2.75, 3.05) is 21.2 Å². The van der Waals surface area contributed by atoms with E-state index in [1.807, 2.05) is 19.1 Å². The fraction of sp³-hybridized carbons (Fsp3) is 0.538. The second-order valence-electron chi connectivity index (χ2n) is 4.53. The average Bonchev–Trinajstić information content (AvgIpc) is 2.28. The van der Waals surface area contributed by atoms with Gasteiger partial charge in [-0.1, -0.05) is 6.07 Å². The highest BCUT2D eigenvalue weighted by Gasteiger charge is 2.20. The normalized spacial score (nSPS) is 19.6. The number of hydrogen-bond donors (Lipinski definition) is 1. The Hall–Kier alpha value is -1.06. The minimum absolute atomic E-state index is 0.449. The molecule has 0 bridgehead atoms. The van der Waals surface area contributed by atoms with Crippen LogP contribution in [0.25, 0.3) is 0 Å². The summed E-state index contributed by atoms with van der Waals surface area (Å²) in [6.45, 7) is 0. The second-order valence-corrected chi connectivity index (χ2v) is 4.53. The first-order chi connectivity index (χ1) is 7.70. The van der Waals surface area contributed by atoms with E-state index in [1.165, 1.54) is 24.0 Å². The van der Waals surface area contributed by atoms with Gasteiger partial charge in [0.25, 0.3) is 0 Å². The number of ether oxygens (including phenoxy) is 1. The van der Waals surface area contributed by atoms with E-state index in [2.05, 4.69) is 23.6 Å². The van der Waals surface area contributed by atoms with Gasteiger partial charge < -0.3 is 4.74 Å². The van der Waals surface area contributed by atoms with E-state index in [0.29, 0.717) is 6.04 Å². The molecule has 88 valence electrons. The summed E-state index contributed by atoms with van der Waals surface area (Å²) >= 11 is 0. The molecule has 1 aliphatic rings. The third-order valence-electron chi connectivity index (χ3n) is 3.08. The monoisotopic (exact) mass is 220 g/mol. The van der Waals surface area contributed by atoms with Crippen molar-refractivity contribution in [3.05, 3.63) is 29.3 Å². The number of aryl methyl sites for hydroxylation is 1. The summed E-state index contributed by atoms with van der Waals surface area (Å²) in [5.74, 6) is 0.962. The fourth-order valence-corrected chi connectivity index (χ4v) is 2.36. The first-order valence-corrected chi connectivity index (χ1v) is 5.81. The number of hydrazine groups is 1. The van der Waals surface area contributed by atoms with Crippen molar-refractivity contribution in [1.82, 2.24) is 10.4 Å². The highest BCUT2D eigenvalue weighted by Crippen LogP contribution is 2.32. The molecule has 3 heteroatoms. The van der Waals surface area contributed by atoms with Crippen LogP contribution in [0.1, 0.15) is 30.0 Å². The Bertz CT molecular complexity index is 363. The molecule has 0 heterocycles. The lowest BCUT2D eigenvalue weighted by Crippen LogP contribution is -2.35. The molecule has 1 atom stereocenters. The SMILES string of the molecule is COc1ccc2c(c1)CCCC2NN(C)C. The summed E-state index contributed by atoms with van der Waals surface area (Å²) in [5, 5.41) is 2.03. The maximum atomic E-state index is 5.27. The van der Waals surface area contributed by atoms with Gasteiger partial charge in [0.1, 0.15) is 5.75 Å². The topological polar surface area (TPSA) is 24.5 Å². The van der Waals surface area contributed by atoms with Crippen molar-refractivity contribution in [3.8, 4) is 5.75 Å². The van der Waals surface area contributed by atoms with Crippen LogP contribution in [0.15, 0.2) is 18.2 Å². The van der Waals surface area contributed by atoms with Crippen LogP contribution in [0.4, 0.5) is 0 Å². The van der Waals surface area contributed by atoms with Crippen LogP contribution in [0.3, 0.4) is 0 Å². The molecular formula is C13H20N2O. The fourth-order valence-electron chi connectivity index (χ4n) is 2.36. The van der Waals surface area contributed by atoms with E-state index >= 15 is 0 Å². The molecule has 1 N–H and O–H groups in total. The summed E-state index contributed by atoms with van der Waals surface area (Å²) in [4.78, 5) is 0. The van der Waals surface area contributed by atoms with Crippen molar-refractivity contribution in [3.63, 3.8) is 0 Å². The zero-order valence-corrected chi connectivity index (χ0v) is 10.3. The van der Waals surface area contributed by atoms with Crippen LogP contribution in [-0.4, -0.2) is 26.2 Å². The smallest absolute Gasteiger partial charge is 0.119 e. The Balaban J connectivity index is 2.25. The molecule has 0 saturated carbocycles. The third-order valence-corrected chi connectivity index (χ3v) is 3.08. The molecule has 3 nitrogen and oxygen atoms in total. The Kier molecular flexibility index (Phi) is 3.46. The molecule has 0 saturated heterocycles. The number of hydrogen-bond acceptors (Lipinski definition) is 3. The van der Waals surface area contributed by atoms with Gasteiger partial charge in [-0.25, -0.2) is 5.43 Å². The van der Waals surface area contributed by atoms with Crippen LogP contribution in [-0.2, 0) is 6.42 Å². The molecule has 1 aromatic carbocycles. The molecule has 0 fully saturated rings. The third kappa shape index (κ3) is 2.36. The first-order valence-electron chi connectivity index (χ1n) is 5.81. The molecule has 0 radical (unpaired) electrons. The molecule has 1 aliphatic carbocycles. The van der Waals surface area contributed by atoms with Gasteiger partial charge in [0, 0.05) is 20.1 Å². The predicted octanol–water partition coefficient (Wildman–Crippen LogP) is 2.14. The minimum Gasteiger partial charge on any atom is -0.497 e. The Morgan fingerprint density at radius 1 is 1.38 bits per heavy atom. The maximum Gasteiger partial charge on any atom is 0.119 e. The van der Waals surface area contributed by atoms with Crippen LogP contribution >= 0.6 is 0 Å². The highest BCUT2D eigenvalue weighted by atomic mass is 16.5. The Morgan fingerprint density at radius 3 is 2.88 bits per heavy atom. The van der Waals surface area contributed by atoms with Gasteiger partial charge in [0.2, 0.25) is 0 Å². The van der Waals surface area contributed by atoms with E-state index in [-0.39, 0.29) is 0 Å². The number of rotatable bonds is 3. The standard InChI is InChI=1S/C13H20N2O/c1-15(2)14-13-6-4-5-10-9-11(16-3)7-8-12(10)13/h7-9,13-14H,4-6H2,1-3H3. The van der Waals surface area contributed by atoms with Crippen molar-refractivity contribution in [1.29, 1.82) is 0 Å². The van der Waals surface area contributed by atoms with Crippen LogP contribution in [0.5, 0.6) is 5.75 Å². The summed E-state index contributed by atoms with van der Waals surface area (Å²) in [7, 11) is 5.80. The molecule has 0 amide bonds. The maximum absolute atomic E-state index is 5.27. The van der Waals surface area contributed by atoms with Crippen molar-refractivity contribution in [2.24, 2.45) is 0 Å². The molecule has 2 rings (SSSR count). The van der Waals surface area contributed by atoms with E-state index in [4.69, 9.17) is 4.74 Å². The number of nitrogens with zero attached hydrogens (tertiary/aromatic N) is 1. The van der Waals surface area contributed by atoms with Crippen molar-refractivity contribution >= 4 is 0 Å². The quantitative estimate of drug-likeness (QED) is 0.790. The zero-order valence-electron chi connectivity index (χ0n) is 10.3. The van der Waals surface area contributed by atoms with Gasteiger partial charge in [-0.05, 0) is 42.5 Å². The largest absolute Gasteiger partial charge is 0.497 e. The highest BCUT2D eigenvalue weighted by molar-refractivity contribution is 5.38. The van der Waals surface area contributed by atoms with Crippen LogP contribution in [0, 0.1) is 0 Å². The van der Waals surface area contributed by atoms with E-state index in [0.717, 1.165) is 12.2 Å². The molecule has 1 aromatic rings. The van der Waals surface area contributed by atoms with Gasteiger partial charge in [0.05, 0.1) is 7.11 Å². The molecule has 0 spiro atoms. The number of nitrogens with one attached hydrogen (secondary N) is 1. The van der Waals surface area contributed by atoms with E-state index in [9.17, 15) is 0 Å². The lowest BCUT2D eigenvalue weighted by molar-refractivity contribution is 0.228. The predicted molar refractivity (Wildman–Crippen MR) is 65.5 cm³/mol. The zero-order chi connectivity index (χ0) is 11.5. The lowest BCUT2D eigenvalue weighted by atomic mass is 9.88. The average molecular weight is 220 g/mol. The number of methoxy groups -OCH3 is 1. The number of benzene rings is 1. The number of fused-ring (bicyclic) bond motifs is 1. The minimum atomic E-state index is 0.449. The van der Waals surface area contributed by atoms with Crippen molar-refractivity contribution in [2.45, 2.75) is 25.3 Å². The molecule has 16 heavy (non-hydrogen) atoms. The Morgan fingerprint density at radius 2 is 2.19 bits per heavy atom. The molecule has 0 aliphatic heterocycles. The lowest BCUT2D eigenvalue weighted by Gasteiger charge is -2.29. The van der Waals surface area contributed by atoms with Gasteiger partial charge in [-0.2, -0.15) is 0 Å². The van der Waals surface area contributed by atoms with Gasteiger partial charge in [-0.3, -0.25) is 5.01 Å². The summed E-state index contributed by atoms with van der Waals surface area (Å²) in [6, 6.07) is 6.85. The Labute approximate surface area is 97.4 Å². The molecule has 0 aromatic heterocycles. The van der Waals surface area contributed by atoms with Gasteiger partial charge in [-0.15, -0.1) is 0 Å². The van der Waals surface area contributed by atoms with Crippen LogP contribution in [0.2, 0.25) is 0 Å². The first kappa shape index (κ1) is 11.4. The molecular weight excluding hydrogens is 200 g/mol. The van der Waals surface area contributed by atoms with Crippen LogP contribution < -0.4 is 10.2 Å². The summed E-state index contributed by atoms with van der Waals surface area (Å²) < 4.78 is 5.27. The second kappa shape index (κ2) is 4.85. The molecule has 1 unspecified atom stereocenters. The van der Waals surface area contributed by atoms with Gasteiger partial charge in [0.15, 0.2) is 0 Å². The van der Waals surface area contributed by atoms with Crippen molar-refractivity contribution < 1.29 is 4.74 Å². The summed E-state index contributed by atoms with van der Waals surface area (Å²) in [5.41, 5.74) is 6.31.